The number of carbonyl (C=O) groups is 2. The number of benzene rings is 2. The van der Waals surface area contributed by atoms with E-state index in [0.717, 1.165) is 42.4 Å². The summed E-state index contributed by atoms with van der Waals surface area (Å²) in [6, 6.07) is 15.8. The molecule has 0 bridgehead atoms. The zero-order valence-electron chi connectivity index (χ0n) is 28.9. The Morgan fingerprint density at radius 1 is 0.592 bits per heavy atom. The van der Waals surface area contributed by atoms with Gasteiger partial charge in [-0.1, -0.05) is 41.9 Å². The minimum absolute atomic E-state index is 0.0568. The summed E-state index contributed by atoms with van der Waals surface area (Å²) in [5, 5.41) is 0. The lowest BCUT2D eigenvalue weighted by molar-refractivity contribution is -0.141. The maximum Gasteiger partial charge on any atom is 0.233 e. The van der Waals surface area contributed by atoms with Gasteiger partial charge < -0.3 is 9.80 Å². The number of piperidine rings is 2. The summed E-state index contributed by atoms with van der Waals surface area (Å²) in [5.74, 6) is 12.5. The Hall–Kier alpha value is -5.41. The molecule has 2 fully saturated rings. The van der Waals surface area contributed by atoms with E-state index < -0.39 is 0 Å². The van der Waals surface area contributed by atoms with Crippen LogP contribution >= 0.6 is 0 Å². The maximum absolute atomic E-state index is 12.9. The van der Waals surface area contributed by atoms with Crippen molar-refractivity contribution in [3.63, 3.8) is 0 Å². The van der Waals surface area contributed by atoms with E-state index in [1.54, 1.807) is 41.8 Å². The van der Waals surface area contributed by atoms with Crippen molar-refractivity contribution in [2.24, 2.45) is 0 Å². The number of likely N-dealkylation sites (N-methyl/N-ethyl adjacent to an activating group) is 2. The second-order valence-electron chi connectivity index (χ2n) is 13.6. The number of likely N-dealkylation sites (tertiary alicyclic amines) is 2. The first kappa shape index (κ1) is 34.9. The second-order valence-corrected chi connectivity index (χ2v) is 13.6. The van der Waals surface area contributed by atoms with E-state index in [1.807, 2.05) is 49.3 Å². The van der Waals surface area contributed by atoms with Crippen LogP contribution in [0.3, 0.4) is 0 Å². The molecule has 2 saturated heterocycles. The smallest absolute Gasteiger partial charge is 0.233 e. The van der Waals surface area contributed by atoms with Gasteiger partial charge in [0.15, 0.2) is 0 Å². The lowest BCUT2D eigenvalue weighted by Crippen LogP contribution is -2.51. The monoisotopic (exact) mass is 656 g/mol. The van der Waals surface area contributed by atoms with Gasteiger partial charge in [0.05, 0.1) is 23.0 Å². The fourth-order valence-electron chi connectivity index (χ4n) is 5.63. The Kier molecular flexibility index (Phi) is 10.5. The summed E-state index contributed by atoms with van der Waals surface area (Å²) < 4.78 is 12.9. The molecular formula is C40H41FN6O2. The first-order valence-electron chi connectivity index (χ1n) is 16.4. The van der Waals surface area contributed by atoms with Gasteiger partial charge >= 0.3 is 0 Å². The molecule has 2 amide bonds. The fraction of sp³-hybridized carbons (Fsp3) is 0.350. The molecule has 2 aliphatic heterocycles. The highest BCUT2D eigenvalue weighted by molar-refractivity contribution is 5.84. The molecule has 49 heavy (non-hydrogen) atoms. The molecule has 0 aliphatic carbocycles. The highest BCUT2D eigenvalue weighted by Gasteiger charge is 2.40. The number of amides is 2. The Balaban J connectivity index is 0.000000191. The molecule has 2 aliphatic rings. The molecular weight excluding hydrogens is 615 g/mol. The second kappa shape index (κ2) is 14.8. The van der Waals surface area contributed by atoms with Crippen LogP contribution in [0.1, 0.15) is 99.1 Å². The average Bonchev–Trinajstić information content (AvgIpc) is 3.10. The quantitative estimate of drug-likeness (QED) is 0.242. The summed E-state index contributed by atoms with van der Waals surface area (Å²) in [4.78, 5) is 46.2. The SMILES string of the molecule is CN1C(=O)C(c2ncc(C#Cc3ccc(F)cc3)cn2)CCC1(C)C.CN1C(=O)C(c2ncc(C#Cc3ccccc3)cn2)CCC1(C)C. The Bertz CT molecular complexity index is 1900. The van der Waals surface area contributed by atoms with Crippen LogP contribution in [-0.4, -0.2) is 66.7 Å². The van der Waals surface area contributed by atoms with Crippen molar-refractivity contribution in [2.75, 3.05) is 14.1 Å². The highest BCUT2D eigenvalue weighted by atomic mass is 19.1. The van der Waals surface area contributed by atoms with E-state index in [-0.39, 0.29) is 40.5 Å². The van der Waals surface area contributed by atoms with Crippen LogP contribution in [0.15, 0.2) is 79.4 Å². The molecule has 2 aromatic heterocycles. The van der Waals surface area contributed by atoms with E-state index >= 15 is 0 Å². The van der Waals surface area contributed by atoms with Gasteiger partial charge in [-0.15, -0.1) is 0 Å². The van der Waals surface area contributed by atoms with Crippen molar-refractivity contribution >= 4 is 11.8 Å². The molecule has 0 spiro atoms. The van der Waals surface area contributed by atoms with Crippen molar-refractivity contribution in [1.82, 2.24) is 29.7 Å². The predicted octanol–water partition coefficient (Wildman–Crippen LogP) is 6.12. The molecule has 0 N–H and O–H groups in total. The Morgan fingerprint density at radius 2 is 0.959 bits per heavy atom. The van der Waals surface area contributed by atoms with E-state index in [0.29, 0.717) is 17.2 Å². The Labute approximate surface area is 288 Å². The van der Waals surface area contributed by atoms with Gasteiger partial charge in [0.2, 0.25) is 11.8 Å². The number of aromatic nitrogens is 4. The van der Waals surface area contributed by atoms with Gasteiger partial charge in [0.1, 0.15) is 17.5 Å². The topological polar surface area (TPSA) is 92.2 Å². The van der Waals surface area contributed by atoms with Gasteiger partial charge in [-0.3, -0.25) is 9.59 Å². The number of nitrogens with zero attached hydrogens (tertiary/aromatic N) is 6. The molecule has 4 heterocycles. The lowest BCUT2D eigenvalue weighted by Gasteiger charge is -2.42. The molecule has 0 saturated carbocycles. The lowest BCUT2D eigenvalue weighted by atomic mass is 9.84. The third kappa shape index (κ3) is 8.55. The number of hydrogen-bond acceptors (Lipinski definition) is 6. The normalized spacial score (nSPS) is 19.4. The van der Waals surface area contributed by atoms with E-state index in [4.69, 9.17) is 0 Å². The minimum Gasteiger partial charge on any atom is -0.340 e. The summed E-state index contributed by atoms with van der Waals surface area (Å²) in [6.07, 6.45) is 10.0. The van der Waals surface area contributed by atoms with Crippen LogP contribution in [-0.2, 0) is 9.59 Å². The minimum atomic E-state index is -0.294. The third-order valence-corrected chi connectivity index (χ3v) is 9.45. The summed E-state index contributed by atoms with van der Waals surface area (Å²) in [7, 11) is 3.69. The molecule has 250 valence electrons. The Morgan fingerprint density at radius 3 is 1.37 bits per heavy atom. The first-order valence-corrected chi connectivity index (χ1v) is 16.4. The number of carbonyl (C=O) groups excluding carboxylic acids is 2. The highest BCUT2D eigenvalue weighted by Crippen LogP contribution is 2.35. The van der Waals surface area contributed by atoms with Gasteiger partial charge in [-0.2, -0.15) is 0 Å². The van der Waals surface area contributed by atoms with Gasteiger partial charge in [-0.05, 0) is 89.8 Å². The fourth-order valence-corrected chi connectivity index (χ4v) is 5.63. The molecule has 4 aromatic rings. The van der Waals surface area contributed by atoms with E-state index in [2.05, 4.69) is 71.3 Å². The largest absolute Gasteiger partial charge is 0.340 e. The van der Waals surface area contributed by atoms with Crippen molar-refractivity contribution in [3.05, 3.63) is 119 Å². The maximum atomic E-state index is 12.9. The molecule has 2 atom stereocenters. The summed E-state index contributed by atoms with van der Waals surface area (Å²) in [5.41, 5.74) is 2.84. The molecule has 8 nitrogen and oxygen atoms in total. The number of halogens is 1. The summed E-state index contributed by atoms with van der Waals surface area (Å²) >= 11 is 0. The standard InChI is InChI=1S/C20H20FN3O.C20H21N3O/c1-20(2)11-10-17(19(25)24(20)3)18-22-12-15(13-23-18)5-4-14-6-8-16(21)9-7-14;1-20(2)12-11-17(19(24)23(20)3)18-21-13-16(14-22-18)10-9-15-7-5-4-6-8-15/h6-9,12-13,17H,10-11H2,1-3H3;4-8,13-14,17H,11-12H2,1-3H3. The average molecular weight is 657 g/mol. The molecule has 9 heteroatoms. The van der Waals surface area contributed by atoms with Crippen LogP contribution in [0.5, 0.6) is 0 Å². The third-order valence-electron chi connectivity index (χ3n) is 9.45. The predicted molar refractivity (Wildman–Crippen MR) is 187 cm³/mol. The molecule has 2 unspecified atom stereocenters. The molecule has 2 aromatic carbocycles. The van der Waals surface area contributed by atoms with Gasteiger partial charge in [0, 0.05) is 61.1 Å². The first-order chi connectivity index (χ1) is 23.3. The zero-order valence-corrected chi connectivity index (χ0v) is 28.9. The van der Waals surface area contributed by atoms with Crippen molar-refractivity contribution in [1.29, 1.82) is 0 Å². The number of hydrogen-bond donors (Lipinski definition) is 0. The van der Waals surface area contributed by atoms with Crippen LogP contribution in [0.25, 0.3) is 0 Å². The van der Waals surface area contributed by atoms with Crippen LogP contribution < -0.4 is 0 Å². The molecule has 6 rings (SSSR count). The van der Waals surface area contributed by atoms with Crippen molar-refractivity contribution < 1.29 is 14.0 Å². The van der Waals surface area contributed by atoms with Crippen LogP contribution in [0, 0.1) is 29.5 Å². The van der Waals surface area contributed by atoms with Gasteiger partial charge in [0.25, 0.3) is 0 Å². The number of rotatable bonds is 2. The summed E-state index contributed by atoms with van der Waals surface area (Å²) in [6.45, 7) is 8.31. The van der Waals surface area contributed by atoms with Gasteiger partial charge in [-0.25, -0.2) is 24.3 Å². The van der Waals surface area contributed by atoms with Crippen molar-refractivity contribution in [2.45, 2.75) is 76.3 Å². The van der Waals surface area contributed by atoms with Crippen molar-refractivity contribution in [3.8, 4) is 23.7 Å². The van der Waals surface area contributed by atoms with E-state index in [9.17, 15) is 14.0 Å². The molecule has 0 radical (unpaired) electrons. The zero-order chi connectivity index (χ0) is 35.2. The van der Waals surface area contributed by atoms with Crippen LogP contribution in [0.4, 0.5) is 4.39 Å². The van der Waals surface area contributed by atoms with Crippen LogP contribution in [0.2, 0.25) is 0 Å². The van der Waals surface area contributed by atoms with E-state index in [1.165, 1.54) is 12.1 Å².